The van der Waals surface area contributed by atoms with Gasteiger partial charge in [-0.1, -0.05) is 42.5 Å². The molecule has 0 spiro atoms. The van der Waals surface area contributed by atoms with E-state index in [1.807, 2.05) is 66.7 Å². The summed E-state index contributed by atoms with van der Waals surface area (Å²) in [4.78, 5) is 29.6. The van der Waals surface area contributed by atoms with E-state index in [2.05, 4.69) is 27.5 Å². The molecule has 2 amide bonds. The molecule has 0 bridgehead atoms. The summed E-state index contributed by atoms with van der Waals surface area (Å²) < 4.78 is 0. The van der Waals surface area contributed by atoms with Crippen LogP contribution in [-0.4, -0.2) is 56.5 Å². The number of piperazine rings is 1. The van der Waals surface area contributed by atoms with Crippen molar-refractivity contribution in [2.45, 2.75) is 6.42 Å². The van der Waals surface area contributed by atoms with E-state index >= 15 is 0 Å². The third kappa shape index (κ3) is 5.22. The van der Waals surface area contributed by atoms with Crippen molar-refractivity contribution in [3.63, 3.8) is 0 Å². The molecular formula is C25H28N4O2. The van der Waals surface area contributed by atoms with Crippen molar-refractivity contribution in [1.82, 2.24) is 10.2 Å². The van der Waals surface area contributed by atoms with Gasteiger partial charge >= 0.3 is 0 Å². The predicted octanol–water partition coefficient (Wildman–Crippen LogP) is 3.35. The lowest BCUT2D eigenvalue weighted by Crippen LogP contribution is -2.44. The Kier molecular flexibility index (Phi) is 6.48. The number of carbonyl (C=O) groups excluding carboxylic acids is 2. The summed E-state index contributed by atoms with van der Waals surface area (Å²) in [5.41, 5.74) is 2.46. The lowest BCUT2D eigenvalue weighted by Gasteiger charge is -2.35. The van der Waals surface area contributed by atoms with Crippen molar-refractivity contribution in [2.24, 2.45) is 0 Å². The monoisotopic (exact) mass is 416 g/mol. The van der Waals surface area contributed by atoms with Crippen LogP contribution in [0.15, 0.2) is 66.7 Å². The van der Waals surface area contributed by atoms with Crippen molar-refractivity contribution in [3.8, 4) is 0 Å². The highest BCUT2D eigenvalue weighted by Crippen LogP contribution is 2.26. The molecule has 160 valence electrons. The Morgan fingerprint density at radius 1 is 0.871 bits per heavy atom. The van der Waals surface area contributed by atoms with Crippen LogP contribution in [0.1, 0.15) is 16.8 Å². The number of hydrogen-bond donors (Lipinski definition) is 2. The third-order valence-electron chi connectivity index (χ3n) is 5.67. The number of amides is 2. The molecule has 0 saturated carbocycles. The molecule has 1 heterocycles. The summed E-state index contributed by atoms with van der Waals surface area (Å²) in [6.07, 6.45) is 0.219. The number of para-hydroxylation sites is 2. The Hall–Kier alpha value is -3.38. The minimum atomic E-state index is -0.170. The predicted molar refractivity (Wildman–Crippen MR) is 126 cm³/mol. The van der Waals surface area contributed by atoms with Crippen molar-refractivity contribution in [3.05, 3.63) is 72.3 Å². The third-order valence-corrected chi connectivity index (χ3v) is 5.67. The van der Waals surface area contributed by atoms with Crippen LogP contribution in [0.3, 0.4) is 0 Å². The molecule has 0 radical (unpaired) electrons. The summed E-state index contributed by atoms with van der Waals surface area (Å²) in [6.45, 7) is 4.16. The molecule has 4 rings (SSSR count). The number of carbonyl (C=O) groups is 2. The first-order chi connectivity index (χ1) is 15.1. The number of fused-ring (bicyclic) bond motifs is 1. The maximum absolute atomic E-state index is 12.5. The molecule has 0 aliphatic carbocycles. The number of benzene rings is 3. The fourth-order valence-corrected chi connectivity index (χ4v) is 3.84. The average Bonchev–Trinajstić information content (AvgIpc) is 2.79. The molecular weight excluding hydrogens is 388 g/mol. The summed E-state index contributed by atoms with van der Waals surface area (Å²) >= 11 is 0. The molecule has 1 fully saturated rings. The number of rotatable bonds is 6. The topological polar surface area (TPSA) is 64.7 Å². The van der Waals surface area contributed by atoms with Gasteiger partial charge in [0, 0.05) is 44.7 Å². The van der Waals surface area contributed by atoms with E-state index in [4.69, 9.17) is 0 Å². The van der Waals surface area contributed by atoms with Gasteiger partial charge in [-0.3, -0.25) is 9.59 Å². The van der Waals surface area contributed by atoms with Crippen LogP contribution >= 0.6 is 0 Å². The number of likely N-dealkylation sites (N-methyl/N-ethyl adjacent to an activating group) is 1. The van der Waals surface area contributed by atoms with E-state index in [1.54, 1.807) is 0 Å². The smallest absolute Gasteiger partial charge is 0.251 e. The standard InChI is InChI=1S/C25H28N4O2/c1-28-14-16-29(17-15-28)23-9-5-4-8-22(23)27-24(30)12-13-26-25(31)21-11-10-19-6-2-3-7-20(19)18-21/h2-11,18H,12-17H2,1H3,(H,26,31)(H,27,30). The highest BCUT2D eigenvalue weighted by molar-refractivity contribution is 5.99. The van der Waals surface area contributed by atoms with Crippen molar-refractivity contribution in [1.29, 1.82) is 0 Å². The van der Waals surface area contributed by atoms with Crippen LogP contribution in [0.5, 0.6) is 0 Å². The number of anilines is 2. The largest absolute Gasteiger partial charge is 0.367 e. The van der Waals surface area contributed by atoms with Crippen molar-refractivity contribution in [2.75, 3.05) is 50.0 Å². The molecule has 2 N–H and O–H groups in total. The maximum Gasteiger partial charge on any atom is 0.251 e. The van der Waals surface area contributed by atoms with E-state index in [0.717, 1.165) is 48.3 Å². The van der Waals surface area contributed by atoms with Gasteiger partial charge in [-0.2, -0.15) is 0 Å². The van der Waals surface area contributed by atoms with Gasteiger partial charge in [-0.25, -0.2) is 0 Å². The first-order valence-electron chi connectivity index (χ1n) is 10.7. The molecule has 1 aliphatic rings. The van der Waals surface area contributed by atoms with Crippen LogP contribution in [-0.2, 0) is 4.79 Å². The number of nitrogens with zero attached hydrogens (tertiary/aromatic N) is 2. The molecule has 31 heavy (non-hydrogen) atoms. The summed E-state index contributed by atoms with van der Waals surface area (Å²) in [6, 6.07) is 21.4. The van der Waals surface area contributed by atoms with E-state index in [-0.39, 0.29) is 24.8 Å². The first-order valence-corrected chi connectivity index (χ1v) is 10.7. The minimum absolute atomic E-state index is 0.111. The van der Waals surface area contributed by atoms with Crippen LogP contribution in [0.4, 0.5) is 11.4 Å². The van der Waals surface area contributed by atoms with Gasteiger partial charge in [-0.05, 0) is 42.1 Å². The molecule has 6 heteroatoms. The molecule has 0 atom stereocenters. The SMILES string of the molecule is CN1CCN(c2ccccc2NC(=O)CCNC(=O)c2ccc3ccccc3c2)CC1. The van der Waals surface area contributed by atoms with Crippen LogP contribution in [0.2, 0.25) is 0 Å². The summed E-state index contributed by atoms with van der Waals surface area (Å²) in [7, 11) is 2.12. The molecule has 1 aliphatic heterocycles. The molecule has 0 unspecified atom stereocenters. The zero-order chi connectivity index (χ0) is 21.6. The molecule has 6 nitrogen and oxygen atoms in total. The Morgan fingerprint density at radius 2 is 1.58 bits per heavy atom. The lowest BCUT2D eigenvalue weighted by atomic mass is 10.1. The number of nitrogens with one attached hydrogen (secondary N) is 2. The minimum Gasteiger partial charge on any atom is -0.367 e. The Labute approximate surface area is 182 Å². The zero-order valence-electron chi connectivity index (χ0n) is 17.8. The highest BCUT2D eigenvalue weighted by Gasteiger charge is 2.17. The van der Waals surface area contributed by atoms with Crippen LogP contribution < -0.4 is 15.5 Å². The average molecular weight is 417 g/mol. The maximum atomic E-state index is 12.5. The van der Waals surface area contributed by atoms with Gasteiger partial charge in [0.25, 0.3) is 5.91 Å². The second-order valence-corrected chi connectivity index (χ2v) is 7.92. The number of hydrogen-bond acceptors (Lipinski definition) is 4. The molecule has 1 saturated heterocycles. The summed E-state index contributed by atoms with van der Waals surface area (Å²) in [5, 5.41) is 7.98. The summed E-state index contributed by atoms with van der Waals surface area (Å²) in [5.74, 6) is -0.281. The molecule has 3 aromatic carbocycles. The first kappa shape index (κ1) is 20.9. The van der Waals surface area contributed by atoms with E-state index in [9.17, 15) is 9.59 Å². The normalized spacial score (nSPS) is 14.4. The van der Waals surface area contributed by atoms with E-state index < -0.39 is 0 Å². The van der Waals surface area contributed by atoms with E-state index in [0.29, 0.717) is 5.56 Å². The zero-order valence-corrected chi connectivity index (χ0v) is 17.8. The van der Waals surface area contributed by atoms with Crippen LogP contribution in [0, 0.1) is 0 Å². The Morgan fingerprint density at radius 3 is 2.39 bits per heavy atom. The lowest BCUT2D eigenvalue weighted by molar-refractivity contribution is -0.116. The van der Waals surface area contributed by atoms with Gasteiger partial charge in [0.1, 0.15) is 0 Å². The fourth-order valence-electron chi connectivity index (χ4n) is 3.84. The Balaban J connectivity index is 1.31. The van der Waals surface area contributed by atoms with Crippen molar-refractivity contribution >= 4 is 34.0 Å². The van der Waals surface area contributed by atoms with Gasteiger partial charge in [0.05, 0.1) is 11.4 Å². The molecule has 0 aromatic heterocycles. The van der Waals surface area contributed by atoms with Crippen molar-refractivity contribution < 1.29 is 9.59 Å². The fraction of sp³-hybridized carbons (Fsp3) is 0.280. The van der Waals surface area contributed by atoms with Crippen LogP contribution in [0.25, 0.3) is 10.8 Å². The second-order valence-electron chi connectivity index (χ2n) is 7.92. The van der Waals surface area contributed by atoms with Gasteiger partial charge in [0.2, 0.25) is 5.91 Å². The van der Waals surface area contributed by atoms with Gasteiger partial charge in [-0.15, -0.1) is 0 Å². The van der Waals surface area contributed by atoms with Gasteiger partial charge < -0.3 is 20.4 Å². The quantitative estimate of drug-likeness (QED) is 0.647. The Bertz CT molecular complexity index is 1070. The molecule has 3 aromatic rings. The van der Waals surface area contributed by atoms with E-state index in [1.165, 1.54) is 0 Å². The van der Waals surface area contributed by atoms with Gasteiger partial charge in [0.15, 0.2) is 0 Å². The second kappa shape index (κ2) is 9.62. The highest BCUT2D eigenvalue weighted by atomic mass is 16.2.